The minimum absolute atomic E-state index is 0.0412. The lowest BCUT2D eigenvalue weighted by Crippen LogP contribution is -2.52. The predicted octanol–water partition coefficient (Wildman–Crippen LogP) is 4.25. The number of rotatable bonds is 7. The molecule has 2 aliphatic rings. The number of carbonyl (C=O) groups excluding carboxylic acids is 2. The summed E-state index contributed by atoms with van der Waals surface area (Å²) in [6, 6.07) is 13.5. The van der Waals surface area contributed by atoms with Gasteiger partial charge in [-0.3, -0.25) is 9.59 Å². The highest BCUT2D eigenvalue weighted by molar-refractivity contribution is 6.30. The van der Waals surface area contributed by atoms with Crippen LogP contribution in [0.5, 0.6) is 0 Å². The smallest absolute Gasteiger partial charge is 0.414 e. The number of likely N-dealkylation sites (tertiary alicyclic amines) is 2. The topological polar surface area (TPSA) is 115 Å². The fourth-order valence-corrected chi connectivity index (χ4v) is 5.23. The Hall–Kier alpha value is -3.30. The number of carbonyl (C=O) groups is 4. The van der Waals surface area contributed by atoms with Crippen LogP contribution in [0.4, 0.5) is 4.39 Å². The van der Waals surface area contributed by atoms with Crippen molar-refractivity contribution in [2.45, 2.75) is 43.9 Å². The predicted molar refractivity (Wildman–Crippen MR) is 140 cm³/mol. The molecular weight excluding hydrogens is 515 g/mol. The molecule has 0 aromatic heterocycles. The van der Waals surface area contributed by atoms with Gasteiger partial charge in [0.05, 0.1) is 5.41 Å². The fraction of sp³-hybridized carbons (Fsp3) is 0.429. The largest absolute Gasteiger partial charge is 0.473 e. The normalized spacial score (nSPS) is 16.8. The number of amides is 1. The number of halogens is 2. The van der Waals surface area contributed by atoms with E-state index in [1.807, 2.05) is 29.2 Å². The monoisotopic (exact) mass is 546 g/mol. The van der Waals surface area contributed by atoms with Crippen LogP contribution in [0.25, 0.3) is 0 Å². The zero-order valence-electron chi connectivity index (χ0n) is 21.1. The van der Waals surface area contributed by atoms with E-state index in [-0.39, 0.29) is 17.5 Å². The molecule has 2 aliphatic heterocycles. The van der Waals surface area contributed by atoms with Crippen LogP contribution in [0.2, 0.25) is 5.02 Å². The lowest BCUT2D eigenvalue weighted by Gasteiger charge is -2.43. The van der Waals surface area contributed by atoms with E-state index < -0.39 is 17.4 Å². The van der Waals surface area contributed by atoms with E-state index in [2.05, 4.69) is 4.90 Å². The molecule has 0 saturated carbocycles. The molecular formula is C28H32ClFN2O6. The Labute approximate surface area is 226 Å². The molecule has 38 heavy (non-hydrogen) atoms. The van der Waals surface area contributed by atoms with Gasteiger partial charge >= 0.3 is 11.9 Å². The molecule has 204 valence electrons. The third kappa shape index (κ3) is 7.61. The molecule has 0 aliphatic carbocycles. The highest BCUT2D eigenvalue weighted by Crippen LogP contribution is 2.39. The lowest BCUT2D eigenvalue weighted by atomic mass is 9.71. The van der Waals surface area contributed by atoms with Gasteiger partial charge in [0, 0.05) is 30.1 Å². The first kappa shape index (κ1) is 29.3. The molecule has 0 unspecified atom stereocenters. The van der Waals surface area contributed by atoms with Gasteiger partial charge in [-0.25, -0.2) is 14.0 Å². The van der Waals surface area contributed by atoms with Crippen molar-refractivity contribution in [3.05, 3.63) is 70.5 Å². The highest BCUT2D eigenvalue weighted by Gasteiger charge is 2.45. The van der Waals surface area contributed by atoms with Crippen LogP contribution < -0.4 is 0 Å². The van der Waals surface area contributed by atoms with Crippen molar-refractivity contribution >= 4 is 35.2 Å². The second kappa shape index (κ2) is 13.5. The third-order valence-corrected chi connectivity index (χ3v) is 7.35. The van der Waals surface area contributed by atoms with Crippen LogP contribution >= 0.6 is 11.6 Å². The summed E-state index contributed by atoms with van der Waals surface area (Å²) in [5, 5.41) is 15.4. The van der Waals surface area contributed by atoms with E-state index in [0.717, 1.165) is 70.4 Å². The van der Waals surface area contributed by atoms with Crippen LogP contribution in [0, 0.1) is 5.82 Å². The Morgan fingerprint density at radius 3 is 2.05 bits per heavy atom. The van der Waals surface area contributed by atoms with Gasteiger partial charge < -0.3 is 20.0 Å². The first-order valence-corrected chi connectivity index (χ1v) is 13.0. The zero-order chi connectivity index (χ0) is 27.7. The molecule has 10 heteroatoms. The van der Waals surface area contributed by atoms with Crippen molar-refractivity contribution in [3.63, 3.8) is 0 Å². The molecule has 0 atom stereocenters. The van der Waals surface area contributed by atoms with Gasteiger partial charge in [0.25, 0.3) is 0 Å². The Balaban J connectivity index is 0.000000599. The van der Waals surface area contributed by atoms with Crippen molar-refractivity contribution in [1.82, 2.24) is 9.80 Å². The van der Waals surface area contributed by atoms with E-state index in [4.69, 9.17) is 31.4 Å². The molecule has 0 spiro atoms. The summed E-state index contributed by atoms with van der Waals surface area (Å²) in [5.41, 5.74) is 1.06. The van der Waals surface area contributed by atoms with Gasteiger partial charge in [-0.1, -0.05) is 23.7 Å². The van der Waals surface area contributed by atoms with E-state index in [9.17, 15) is 14.0 Å². The second-order valence-corrected chi connectivity index (χ2v) is 10.0. The van der Waals surface area contributed by atoms with Crippen molar-refractivity contribution in [2.24, 2.45) is 0 Å². The van der Waals surface area contributed by atoms with E-state index in [1.54, 1.807) is 12.1 Å². The van der Waals surface area contributed by atoms with Crippen molar-refractivity contribution in [3.8, 4) is 0 Å². The van der Waals surface area contributed by atoms with Crippen molar-refractivity contribution in [1.29, 1.82) is 0 Å². The number of Topliss-reactive ketones (excluding diaryl/α,β-unsaturated/α-hetero) is 1. The van der Waals surface area contributed by atoms with Crippen LogP contribution in [0.1, 0.15) is 54.4 Å². The molecule has 2 N–H and O–H groups in total. The number of hydrogen-bond acceptors (Lipinski definition) is 5. The summed E-state index contributed by atoms with van der Waals surface area (Å²) >= 11 is 6.29. The molecule has 2 aromatic rings. The minimum Gasteiger partial charge on any atom is -0.473 e. The average molecular weight is 547 g/mol. The lowest BCUT2D eigenvalue weighted by molar-refractivity contribution is -0.159. The van der Waals surface area contributed by atoms with Gasteiger partial charge in [-0.15, -0.1) is 0 Å². The minimum atomic E-state index is -1.82. The summed E-state index contributed by atoms with van der Waals surface area (Å²) in [6.07, 6.45) is 4.86. The van der Waals surface area contributed by atoms with Crippen molar-refractivity contribution < 1.29 is 33.8 Å². The highest BCUT2D eigenvalue weighted by atomic mass is 35.5. The molecule has 4 rings (SSSR count). The molecule has 8 nitrogen and oxygen atoms in total. The summed E-state index contributed by atoms with van der Waals surface area (Å²) in [5.74, 6) is -3.70. The maximum absolute atomic E-state index is 13.6. The second-order valence-electron chi connectivity index (χ2n) is 9.58. The first-order chi connectivity index (χ1) is 18.1. The van der Waals surface area contributed by atoms with Gasteiger partial charge in [0.2, 0.25) is 5.91 Å². The standard InChI is InChI=1S/C26H30ClFN2O2.C2H2O4/c27-22-6-3-5-21(19-22)26(25(32)30-15-1-2-16-30)12-17-29(18-13-26)14-4-7-24(31)20-8-10-23(28)11-9-20;3-1(4)2(5)6/h3,5-6,8-11,19H,1-2,4,7,12-18H2;(H,3,4)(H,5,6). The number of carboxylic acids is 2. The van der Waals surface area contributed by atoms with E-state index in [0.29, 0.717) is 17.0 Å². The van der Waals surface area contributed by atoms with Crippen molar-refractivity contribution in [2.75, 3.05) is 32.7 Å². The van der Waals surface area contributed by atoms with Gasteiger partial charge in [0.1, 0.15) is 5.82 Å². The molecule has 2 heterocycles. The molecule has 2 fully saturated rings. The van der Waals surface area contributed by atoms with Crippen LogP contribution in [0.3, 0.4) is 0 Å². The molecule has 2 saturated heterocycles. The Kier molecular flexibility index (Phi) is 10.4. The van der Waals surface area contributed by atoms with E-state index in [1.165, 1.54) is 12.1 Å². The number of aliphatic carboxylic acids is 2. The number of carboxylic acid groups (broad SMARTS) is 2. The molecule has 2 aromatic carbocycles. The number of ketones is 1. The maximum Gasteiger partial charge on any atom is 0.414 e. The number of nitrogens with zero attached hydrogens (tertiary/aromatic N) is 2. The maximum atomic E-state index is 13.6. The Morgan fingerprint density at radius 2 is 1.50 bits per heavy atom. The number of benzene rings is 2. The number of piperidine rings is 1. The summed E-state index contributed by atoms with van der Waals surface area (Å²) < 4.78 is 13.1. The zero-order valence-corrected chi connectivity index (χ0v) is 21.8. The Bertz CT molecular complexity index is 1130. The Morgan fingerprint density at radius 1 is 0.895 bits per heavy atom. The van der Waals surface area contributed by atoms with Gasteiger partial charge in [-0.05, 0) is 93.7 Å². The van der Waals surface area contributed by atoms with E-state index >= 15 is 0 Å². The van der Waals surface area contributed by atoms with Crippen LogP contribution in [0.15, 0.2) is 48.5 Å². The first-order valence-electron chi connectivity index (χ1n) is 12.6. The molecule has 0 bridgehead atoms. The third-order valence-electron chi connectivity index (χ3n) is 7.12. The summed E-state index contributed by atoms with van der Waals surface area (Å²) in [4.78, 5) is 48.5. The molecule has 0 radical (unpaired) electrons. The average Bonchev–Trinajstić information content (AvgIpc) is 3.44. The van der Waals surface area contributed by atoms with Gasteiger partial charge in [-0.2, -0.15) is 0 Å². The summed E-state index contributed by atoms with van der Waals surface area (Å²) in [6.45, 7) is 4.14. The summed E-state index contributed by atoms with van der Waals surface area (Å²) in [7, 11) is 0. The fourth-order valence-electron chi connectivity index (χ4n) is 5.04. The van der Waals surface area contributed by atoms with Gasteiger partial charge in [0.15, 0.2) is 5.78 Å². The number of hydrogen-bond donors (Lipinski definition) is 2. The van der Waals surface area contributed by atoms with Crippen LogP contribution in [-0.4, -0.2) is 76.4 Å². The SMILES string of the molecule is O=C(CCCN1CCC(C(=O)N2CCCC2)(c2cccc(Cl)c2)CC1)c1ccc(F)cc1.O=C(O)C(=O)O. The quantitative estimate of drug-likeness (QED) is 0.394. The van der Waals surface area contributed by atoms with Crippen LogP contribution in [-0.2, 0) is 19.8 Å². The molecule has 1 amide bonds.